The summed E-state index contributed by atoms with van der Waals surface area (Å²) in [5.74, 6) is -1.68. The molecular weight excluding hydrogens is 446 g/mol. The number of ether oxygens (including phenoxy) is 1. The SMILES string of the molecule is COC(=O)C(C)n1cc(C=C2C(=O)N(c3ccc(C(=O)O)cc3)NC2C)c2cc(Cl)ccc21. The Bertz CT molecular complexity index is 1300. The molecule has 0 radical (unpaired) electrons. The van der Waals surface area contributed by atoms with Crippen molar-refractivity contribution in [2.45, 2.75) is 25.9 Å². The van der Waals surface area contributed by atoms with E-state index in [2.05, 4.69) is 5.43 Å². The Balaban J connectivity index is 1.74. The number of carbonyl (C=O) groups is 3. The lowest BCUT2D eigenvalue weighted by Crippen LogP contribution is -2.36. The van der Waals surface area contributed by atoms with E-state index in [0.29, 0.717) is 16.3 Å². The van der Waals surface area contributed by atoms with Crippen LogP contribution in [0.3, 0.4) is 0 Å². The van der Waals surface area contributed by atoms with Gasteiger partial charge in [0.05, 0.1) is 24.4 Å². The number of aromatic carboxylic acids is 1. The highest BCUT2D eigenvalue weighted by atomic mass is 35.5. The molecule has 2 aromatic carbocycles. The van der Waals surface area contributed by atoms with Gasteiger partial charge in [0.2, 0.25) is 0 Å². The van der Waals surface area contributed by atoms with Gasteiger partial charge in [0.15, 0.2) is 0 Å². The normalized spacial score (nSPS) is 18.2. The monoisotopic (exact) mass is 467 g/mol. The highest BCUT2D eigenvalue weighted by molar-refractivity contribution is 6.31. The number of benzene rings is 2. The molecule has 2 unspecified atom stereocenters. The van der Waals surface area contributed by atoms with Crippen molar-refractivity contribution in [3.8, 4) is 0 Å². The molecule has 9 heteroatoms. The second-order valence-corrected chi connectivity index (χ2v) is 8.23. The minimum Gasteiger partial charge on any atom is -0.478 e. The Kier molecular flexibility index (Phi) is 5.97. The zero-order valence-electron chi connectivity index (χ0n) is 18.2. The molecule has 1 aromatic heterocycles. The maximum Gasteiger partial charge on any atom is 0.335 e. The zero-order chi connectivity index (χ0) is 23.9. The van der Waals surface area contributed by atoms with Crippen LogP contribution >= 0.6 is 11.6 Å². The lowest BCUT2D eigenvalue weighted by atomic mass is 10.1. The van der Waals surface area contributed by atoms with E-state index in [-0.39, 0.29) is 23.5 Å². The summed E-state index contributed by atoms with van der Waals surface area (Å²) in [6.45, 7) is 3.60. The molecule has 1 amide bonds. The Morgan fingerprint density at radius 2 is 1.91 bits per heavy atom. The summed E-state index contributed by atoms with van der Waals surface area (Å²) in [4.78, 5) is 36.5. The summed E-state index contributed by atoms with van der Waals surface area (Å²) in [6, 6.07) is 10.6. The molecule has 2 N–H and O–H groups in total. The number of hydrogen-bond acceptors (Lipinski definition) is 5. The van der Waals surface area contributed by atoms with Crippen LogP contribution < -0.4 is 10.4 Å². The second kappa shape index (κ2) is 8.73. The van der Waals surface area contributed by atoms with E-state index >= 15 is 0 Å². The number of aromatic nitrogens is 1. The Morgan fingerprint density at radius 3 is 2.55 bits per heavy atom. The molecule has 33 heavy (non-hydrogen) atoms. The van der Waals surface area contributed by atoms with Crippen LogP contribution in [-0.2, 0) is 14.3 Å². The van der Waals surface area contributed by atoms with Crippen LogP contribution in [0.2, 0.25) is 5.02 Å². The van der Waals surface area contributed by atoms with Gasteiger partial charge in [-0.1, -0.05) is 11.6 Å². The number of halogens is 1. The fraction of sp³-hybridized carbons (Fsp3) is 0.208. The summed E-state index contributed by atoms with van der Waals surface area (Å²) >= 11 is 6.23. The van der Waals surface area contributed by atoms with Crippen LogP contribution in [0, 0.1) is 0 Å². The zero-order valence-corrected chi connectivity index (χ0v) is 19.0. The minimum absolute atomic E-state index is 0.138. The number of esters is 1. The van der Waals surface area contributed by atoms with Crippen molar-refractivity contribution in [1.29, 1.82) is 0 Å². The maximum absolute atomic E-state index is 13.2. The first-order valence-electron chi connectivity index (χ1n) is 10.2. The van der Waals surface area contributed by atoms with E-state index in [4.69, 9.17) is 21.4 Å². The van der Waals surface area contributed by atoms with Crippen LogP contribution in [0.15, 0.2) is 54.2 Å². The highest BCUT2D eigenvalue weighted by Gasteiger charge is 2.33. The number of anilines is 1. The van der Waals surface area contributed by atoms with Crippen molar-refractivity contribution in [3.63, 3.8) is 0 Å². The molecule has 1 fully saturated rings. The van der Waals surface area contributed by atoms with E-state index in [9.17, 15) is 14.4 Å². The predicted molar refractivity (Wildman–Crippen MR) is 125 cm³/mol. The van der Waals surface area contributed by atoms with Gasteiger partial charge in [0.1, 0.15) is 6.04 Å². The molecule has 0 spiro atoms. The highest BCUT2D eigenvalue weighted by Crippen LogP contribution is 2.32. The number of nitrogens with one attached hydrogen (secondary N) is 1. The summed E-state index contributed by atoms with van der Waals surface area (Å²) < 4.78 is 6.69. The molecule has 2 atom stereocenters. The Labute approximate surface area is 195 Å². The van der Waals surface area contributed by atoms with Gasteiger partial charge >= 0.3 is 11.9 Å². The van der Waals surface area contributed by atoms with E-state index in [1.54, 1.807) is 48.0 Å². The van der Waals surface area contributed by atoms with Crippen molar-refractivity contribution in [2.75, 3.05) is 12.1 Å². The molecule has 8 nitrogen and oxygen atoms in total. The third-order valence-electron chi connectivity index (χ3n) is 5.71. The Hall–Kier alpha value is -3.62. The number of carboxylic acid groups (broad SMARTS) is 1. The molecule has 170 valence electrons. The average molecular weight is 468 g/mol. The predicted octanol–water partition coefficient (Wildman–Crippen LogP) is 4.05. The molecule has 0 saturated carbocycles. The number of fused-ring (bicyclic) bond motifs is 1. The van der Waals surface area contributed by atoms with Gasteiger partial charge < -0.3 is 14.4 Å². The fourth-order valence-electron chi connectivity index (χ4n) is 3.91. The minimum atomic E-state index is -1.03. The number of carboxylic acids is 1. The summed E-state index contributed by atoms with van der Waals surface area (Å²) in [6.07, 6.45) is 3.59. The number of methoxy groups -OCH3 is 1. The molecule has 1 aliphatic rings. The first-order chi connectivity index (χ1) is 15.7. The maximum atomic E-state index is 13.2. The van der Waals surface area contributed by atoms with Gasteiger partial charge in [-0.15, -0.1) is 0 Å². The largest absolute Gasteiger partial charge is 0.478 e. The van der Waals surface area contributed by atoms with Gasteiger partial charge in [-0.25, -0.2) is 20.0 Å². The van der Waals surface area contributed by atoms with Gasteiger partial charge in [-0.3, -0.25) is 4.79 Å². The standard InChI is InChI=1S/C24H22ClN3O5/c1-13-19(22(29)28(26-13)18-7-4-15(5-8-18)23(30)31)10-16-12-27(14(2)24(32)33-3)21-9-6-17(25)11-20(16)21/h4-14,26H,1-3H3,(H,30,31). The van der Waals surface area contributed by atoms with Crippen LogP contribution in [0.25, 0.3) is 17.0 Å². The van der Waals surface area contributed by atoms with Crippen molar-refractivity contribution >= 4 is 52.1 Å². The molecule has 4 rings (SSSR count). The van der Waals surface area contributed by atoms with Gasteiger partial charge in [-0.2, -0.15) is 0 Å². The number of nitrogens with zero attached hydrogens (tertiary/aromatic N) is 2. The van der Waals surface area contributed by atoms with Crippen LogP contribution in [0.5, 0.6) is 0 Å². The second-order valence-electron chi connectivity index (χ2n) is 7.80. The Morgan fingerprint density at radius 1 is 1.21 bits per heavy atom. The van der Waals surface area contributed by atoms with Crippen LogP contribution in [0.1, 0.15) is 35.8 Å². The van der Waals surface area contributed by atoms with Crippen molar-refractivity contribution in [2.24, 2.45) is 0 Å². The number of hydrazine groups is 1. The van der Waals surface area contributed by atoms with E-state index in [1.165, 1.54) is 24.3 Å². The molecule has 1 aliphatic heterocycles. The molecule has 0 aliphatic carbocycles. The number of carbonyl (C=O) groups excluding carboxylic acids is 2. The summed E-state index contributed by atoms with van der Waals surface area (Å²) in [7, 11) is 1.34. The molecule has 2 heterocycles. The number of amides is 1. The molecule has 3 aromatic rings. The molecular formula is C24H22ClN3O5. The quantitative estimate of drug-likeness (QED) is 0.433. The first-order valence-corrected chi connectivity index (χ1v) is 10.6. The van der Waals surface area contributed by atoms with Crippen LogP contribution in [0.4, 0.5) is 5.69 Å². The van der Waals surface area contributed by atoms with Crippen molar-refractivity contribution < 1.29 is 24.2 Å². The van der Waals surface area contributed by atoms with E-state index in [0.717, 1.165) is 16.5 Å². The third kappa shape index (κ3) is 4.10. The fourth-order valence-corrected chi connectivity index (χ4v) is 4.08. The van der Waals surface area contributed by atoms with Gasteiger partial charge in [0, 0.05) is 33.3 Å². The average Bonchev–Trinajstić information content (AvgIpc) is 3.30. The van der Waals surface area contributed by atoms with Crippen molar-refractivity contribution in [3.05, 3.63) is 70.4 Å². The topological polar surface area (TPSA) is 101 Å². The summed E-state index contributed by atoms with van der Waals surface area (Å²) in [5, 5.41) is 11.8. The smallest absolute Gasteiger partial charge is 0.335 e. The lowest BCUT2D eigenvalue weighted by molar-refractivity contribution is -0.143. The molecule has 0 bridgehead atoms. The first kappa shape index (κ1) is 22.6. The van der Waals surface area contributed by atoms with E-state index in [1.807, 2.05) is 13.0 Å². The third-order valence-corrected chi connectivity index (χ3v) is 5.94. The van der Waals surface area contributed by atoms with Crippen LogP contribution in [-0.4, -0.2) is 40.7 Å². The van der Waals surface area contributed by atoms with E-state index < -0.39 is 12.0 Å². The molecule has 1 saturated heterocycles. The van der Waals surface area contributed by atoms with Gasteiger partial charge in [-0.05, 0) is 62.4 Å². The van der Waals surface area contributed by atoms with Gasteiger partial charge in [0.25, 0.3) is 5.91 Å². The number of rotatable bonds is 5. The van der Waals surface area contributed by atoms with Crippen molar-refractivity contribution in [1.82, 2.24) is 9.99 Å². The summed E-state index contributed by atoms with van der Waals surface area (Å²) in [5.41, 5.74) is 5.83. The lowest BCUT2D eigenvalue weighted by Gasteiger charge is -2.16. The number of hydrogen-bond donors (Lipinski definition) is 2.